The molecule has 0 spiro atoms. The molecule has 1 aromatic carbocycles. The van der Waals surface area contributed by atoms with Gasteiger partial charge in [0.1, 0.15) is 0 Å². The summed E-state index contributed by atoms with van der Waals surface area (Å²) in [5.41, 5.74) is 2.54. The average Bonchev–Trinajstić information content (AvgIpc) is 3.35. The molecule has 4 rings (SSSR count). The van der Waals surface area contributed by atoms with Crippen LogP contribution in [0.2, 0.25) is 0 Å². The predicted octanol–water partition coefficient (Wildman–Crippen LogP) is 0.221. The van der Waals surface area contributed by atoms with Gasteiger partial charge in [0.05, 0.1) is 0 Å². The van der Waals surface area contributed by atoms with Crippen molar-refractivity contribution in [1.82, 2.24) is 19.2 Å². The van der Waals surface area contributed by atoms with Crippen LogP contribution in [-0.2, 0) is 32.6 Å². The number of carbonyl (C=O) groups is 2. The van der Waals surface area contributed by atoms with Crippen LogP contribution < -0.4 is 10.0 Å². The molecule has 3 aliphatic rings. The Hall–Kier alpha value is -2.01. The zero-order chi connectivity index (χ0) is 22.4. The van der Waals surface area contributed by atoms with Crippen molar-refractivity contribution in [3.8, 4) is 0 Å². The van der Waals surface area contributed by atoms with E-state index < -0.39 is 10.2 Å². The first kappa shape index (κ1) is 23.6. The molecule has 31 heavy (non-hydrogen) atoms. The Morgan fingerprint density at radius 3 is 2.19 bits per heavy atom. The zero-order valence-electron chi connectivity index (χ0n) is 17.9. The van der Waals surface area contributed by atoms with Crippen LogP contribution in [0.4, 0.5) is 0 Å². The van der Waals surface area contributed by atoms with Crippen molar-refractivity contribution in [3.63, 3.8) is 0 Å². The Bertz CT molecular complexity index is 845. The number of carbonyl (C=O) groups excluding carboxylic acids is 1. The lowest BCUT2D eigenvalue weighted by Crippen LogP contribution is -2.52. The SMILES string of the molecule is CN1CCN(S(=O)(=O)N[C@@H]2CC[C@H](NC(=O)C3Cc4ccccc4C3)C2)CC1.O=CO. The van der Waals surface area contributed by atoms with Crippen molar-refractivity contribution in [2.45, 2.75) is 44.2 Å². The van der Waals surface area contributed by atoms with Crippen LogP contribution in [0.3, 0.4) is 0 Å². The monoisotopic (exact) mass is 452 g/mol. The van der Waals surface area contributed by atoms with Gasteiger partial charge in [0.25, 0.3) is 16.7 Å². The third-order valence-corrected chi connectivity index (χ3v) is 7.99. The first-order valence-electron chi connectivity index (χ1n) is 10.7. The molecule has 0 bridgehead atoms. The topological polar surface area (TPSA) is 119 Å². The Morgan fingerprint density at radius 2 is 1.61 bits per heavy atom. The van der Waals surface area contributed by atoms with Crippen molar-refractivity contribution in [2.24, 2.45) is 5.92 Å². The number of likely N-dealkylation sites (N-methyl/N-ethyl adjacent to an activating group) is 1. The number of rotatable bonds is 5. The number of amides is 1. The minimum Gasteiger partial charge on any atom is -0.483 e. The minimum absolute atomic E-state index is 0.00141. The molecule has 1 aliphatic heterocycles. The summed E-state index contributed by atoms with van der Waals surface area (Å²) in [5, 5.41) is 10.1. The first-order chi connectivity index (χ1) is 14.8. The van der Waals surface area contributed by atoms with Gasteiger partial charge in [-0.15, -0.1) is 0 Å². The van der Waals surface area contributed by atoms with E-state index in [4.69, 9.17) is 9.90 Å². The van der Waals surface area contributed by atoms with Crippen LogP contribution in [0.25, 0.3) is 0 Å². The minimum atomic E-state index is -3.45. The predicted molar refractivity (Wildman–Crippen MR) is 117 cm³/mol. The normalized spacial score (nSPS) is 24.8. The van der Waals surface area contributed by atoms with Crippen LogP contribution >= 0.6 is 0 Å². The van der Waals surface area contributed by atoms with Crippen LogP contribution in [0.1, 0.15) is 30.4 Å². The second kappa shape index (κ2) is 10.5. The summed E-state index contributed by atoms with van der Waals surface area (Å²) in [4.78, 5) is 23.2. The van der Waals surface area contributed by atoms with Gasteiger partial charge in [-0.2, -0.15) is 17.4 Å². The number of benzene rings is 1. The number of hydrogen-bond acceptors (Lipinski definition) is 5. The number of fused-ring (bicyclic) bond motifs is 1. The van der Waals surface area contributed by atoms with Gasteiger partial charge >= 0.3 is 0 Å². The summed E-state index contributed by atoms with van der Waals surface area (Å²) in [5.74, 6) is 0.0993. The van der Waals surface area contributed by atoms with E-state index >= 15 is 0 Å². The van der Waals surface area contributed by atoms with E-state index in [2.05, 4.69) is 27.1 Å². The van der Waals surface area contributed by atoms with E-state index in [1.165, 1.54) is 15.4 Å². The van der Waals surface area contributed by atoms with Gasteiger partial charge in [-0.25, -0.2) is 0 Å². The molecule has 1 aromatic rings. The van der Waals surface area contributed by atoms with Gasteiger partial charge in [0, 0.05) is 44.2 Å². The molecule has 1 heterocycles. The quantitative estimate of drug-likeness (QED) is 0.550. The third-order valence-electron chi connectivity index (χ3n) is 6.32. The molecule has 9 nitrogen and oxygen atoms in total. The first-order valence-corrected chi connectivity index (χ1v) is 12.2. The number of hydrogen-bond donors (Lipinski definition) is 3. The summed E-state index contributed by atoms with van der Waals surface area (Å²) in [6.45, 7) is 2.32. The Morgan fingerprint density at radius 1 is 1.06 bits per heavy atom. The summed E-state index contributed by atoms with van der Waals surface area (Å²) in [7, 11) is -1.45. The lowest BCUT2D eigenvalue weighted by atomic mass is 10.0. The van der Waals surface area contributed by atoms with E-state index in [9.17, 15) is 13.2 Å². The van der Waals surface area contributed by atoms with Gasteiger partial charge in [0.2, 0.25) is 5.91 Å². The van der Waals surface area contributed by atoms with Crippen molar-refractivity contribution >= 4 is 22.6 Å². The molecule has 172 valence electrons. The number of nitrogens with one attached hydrogen (secondary N) is 2. The lowest BCUT2D eigenvalue weighted by Gasteiger charge is -2.32. The van der Waals surface area contributed by atoms with Gasteiger partial charge < -0.3 is 15.3 Å². The highest BCUT2D eigenvalue weighted by atomic mass is 32.2. The summed E-state index contributed by atoms with van der Waals surface area (Å²) < 4.78 is 29.6. The Balaban J connectivity index is 0.000000858. The molecular weight excluding hydrogens is 420 g/mol. The average molecular weight is 453 g/mol. The van der Waals surface area contributed by atoms with Gasteiger partial charge in [-0.05, 0) is 50.3 Å². The maximum Gasteiger partial charge on any atom is 0.290 e. The van der Waals surface area contributed by atoms with Crippen molar-refractivity contribution in [3.05, 3.63) is 35.4 Å². The number of piperazine rings is 1. The molecule has 0 radical (unpaired) electrons. The molecule has 2 fully saturated rings. The molecule has 0 unspecified atom stereocenters. The molecule has 1 saturated heterocycles. The van der Waals surface area contributed by atoms with Gasteiger partial charge in [-0.3, -0.25) is 9.59 Å². The molecule has 0 aromatic heterocycles. The second-order valence-electron chi connectivity index (χ2n) is 8.52. The third kappa shape index (κ3) is 6.25. The zero-order valence-corrected chi connectivity index (χ0v) is 18.7. The molecule has 3 N–H and O–H groups in total. The molecule has 2 atom stereocenters. The van der Waals surface area contributed by atoms with E-state index in [-0.39, 0.29) is 30.4 Å². The smallest absolute Gasteiger partial charge is 0.290 e. The maximum absolute atomic E-state index is 12.7. The number of carboxylic acid groups (broad SMARTS) is 1. The van der Waals surface area contributed by atoms with Crippen molar-refractivity contribution in [2.75, 3.05) is 33.2 Å². The van der Waals surface area contributed by atoms with E-state index in [0.29, 0.717) is 19.5 Å². The Kier molecular flexibility index (Phi) is 8.04. The summed E-state index contributed by atoms with van der Waals surface area (Å²) in [6, 6.07) is 8.19. The van der Waals surface area contributed by atoms with Crippen LogP contribution in [0, 0.1) is 5.92 Å². The molecule has 1 amide bonds. The fourth-order valence-corrected chi connectivity index (χ4v) is 6.02. The largest absolute Gasteiger partial charge is 0.483 e. The van der Waals surface area contributed by atoms with Crippen molar-refractivity contribution in [1.29, 1.82) is 0 Å². The molecule has 2 aliphatic carbocycles. The molecule has 1 saturated carbocycles. The van der Waals surface area contributed by atoms with Crippen LogP contribution in [-0.4, -0.2) is 80.4 Å². The van der Waals surface area contributed by atoms with Crippen LogP contribution in [0.5, 0.6) is 0 Å². The molecular formula is C21H32N4O5S. The van der Waals surface area contributed by atoms with E-state index in [1.807, 2.05) is 19.2 Å². The fourth-order valence-electron chi connectivity index (χ4n) is 4.60. The highest BCUT2D eigenvalue weighted by Gasteiger charge is 2.34. The van der Waals surface area contributed by atoms with Gasteiger partial charge in [0.15, 0.2) is 0 Å². The fraction of sp³-hybridized carbons (Fsp3) is 0.619. The maximum atomic E-state index is 12.7. The van der Waals surface area contributed by atoms with Crippen molar-refractivity contribution < 1.29 is 23.1 Å². The lowest BCUT2D eigenvalue weighted by molar-refractivity contribution is -0.125. The molecule has 10 heteroatoms. The highest BCUT2D eigenvalue weighted by Crippen LogP contribution is 2.28. The van der Waals surface area contributed by atoms with Crippen LogP contribution in [0.15, 0.2) is 24.3 Å². The summed E-state index contributed by atoms with van der Waals surface area (Å²) >= 11 is 0. The Labute approximate surface area is 184 Å². The van der Waals surface area contributed by atoms with E-state index in [0.717, 1.165) is 38.8 Å². The summed E-state index contributed by atoms with van der Waals surface area (Å²) in [6.07, 6.45) is 3.85. The highest BCUT2D eigenvalue weighted by molar-refractivity contribution is 7.87. The standard InChI is InChI=1S/C20H30N4O3S.CH2O2/c1-23-8-10-24(11-9-23)28(26,27)22-19-7-6-18(14-19)21-20(25)17-12-15-4-2-3-5-16(15)13-17;2-1-3/h2-5,17-19,22H,6-14H2,1H3,(H,21,25);1H,(H,2,3)/t18-,19+;/m0./s1. The van der Waals surface area contributed by atoms with Gasteiger partial charge in [-0.1, -0.05) is 24.3 Å². The second-order valence-corrected chi connectivity index (χ2v) is 10.2. The number of nitrogens with zero attached hydrogens (tertiary/aromatic N) is 2. The van der Waals surface area contributed by atoms with E-state index in [1.54, 1.807) is 0 Å².